The minimum absolute atomic E-state index is 0.0502. The molecule has 0 unspecified atom stereocenters. The topological polar surface area (TPSA) is 215 Å². The van der Waals surface area contributed by atoms with E-state index < -0.39 is 71.4 Å². The fourth-order valence-corrected chi connectivity index (χ4v) is 12.9. The highest BCUT2D eigenvalue weighted by molar-refractivity contribution is 5.96. The van der Waals surface area contributed by atoms with Crippen LogP contribution in [-0.4, -0.2) is 95.5 Å². The molecule has 0 aromatic rings. The van der Waals surface area contributed by atoms with E-state index in [-0.39, 0.29) is 49.8 Å². The number of carbonyl (C=O) groups excluding carboxylic acids is 7. The first-order chi connectivity index (χ1) is 31.3. The summed E-state index contributed by atoms with van der Waals surface area (Å²) in [6.45, 7) is 22.5. The lowest BCUT2D eigenvalue weighted by Gasteiger charge is -2.58. The summed E-state index contributed by atoms with van der Waals surface area (Å²) in [6.07, 6.45) is 13.7. The molecular formula is C52H86N6O9. The second-order valence-corrected chi connectivity index (χ2v) is 23.3. The Bertz CT molecular complexity index is 1840. The van der Waals surface area contributed by atoms with Crippen LogP contribution >= 0.6 is 0 Å². The van der Waals surface area contributed by atoms with E-state index in [2.05, 4.69) is 62.0 Å². The molecule has 3 saturated carbocycles. The molecule has 67 heavy (non-hydrogen) atoms. The molecule has 6 amide bonds. The van der Waals surface area contributed by atoms with Crippen LogP contribution in [0.1, 0.15) is 172 Å². The average molecular weight is 939 g/mol. The molecule has 5 aliphatic rings. The standard InChI is InChI=1S/C52H86N6O9/c1-30(2)14-15-32(5)37-18-19-38-36-17-16-34-28-35(22-24-51(34,10)39(36)23-25-52(37,38)11)66-44(60)29-54-47(63)42-13-12-26-58(42)48(64)41(27-31(3)4)57-46(62)40(20-21-43(53)59)56-45(61)33(6)55-49(65)67-50(7,8)9/h16,30-33,35-42H,12-15,17-29H2,1-11H3,(H2,53,59)(H,54,63)(H,55,65)(H,56,61)(H,57,62)/t32-,33+,35-,36+,37-,38+,39+,40+,41+,42+,51+,52-/m1/s1. The SMILES string of the molecule is CC(C)CC[C@@H](C)[C@H]1CC[C@H]2[C@@H]3CC=C4C[C@H](OC(=O)CNC(=O)[C@@H]5CCCN5C(=O)[C@H](CC(C)C)NC(=O)[C@H](CCC(N)=O)NC(=O)[C@H](C)NC(=O)OC(C)(C)C)CC[C@]4(C)[C@H]3CC[C@]12C. The number of hydrogen-bond donors (Lipinski definition) is 5. The van der Waals surface area contributed by atoms with Crippen molar-refractivity contribution in [2.24, 2.45) is 58.0 Å². The summed E-state index contributed by atoms with van der Waals surface area (Å²) in [5, 5.41) is 10.5. The van der Waals surface area contributed by atoms with Crippen molar-refractivity contribution in [1.29, 1.82) is 0 Å². The Morgan fingerprint density at radius 2 is 1.52 bits per heavy atom. The van der Waals surface area contributed by atoms with E-state index in [1.165, 1.54) is 55.9 Å². The van der Waals surface area contributed by atoms with Crippen LogP contribution in [0, 0.1) is 52.3 Å². The van der Waals surface area contributed by atoms with Crippen molar-refractivity contribution in [2.45, 2.75) is 208 Å². The van der Waals surface area contributed by atoms with E-state index >= 15 is 0 Å². The lowest BCUT2D eigenvalue weighted by Crippen LogP contribution is -2.58. The minimum Gasteiger partial charge on any atom is -0.461 e. The fraction of sp³-hybridized carbons (Fsp3) is 0.827. The lowest BCUT2D eigenvalue weighted by molar-refractivity contribution is -0.152. The third kappa shape index (κ3) is 13.5. The van der Waals surface area contributed by atoms with Crippen LogP contribution in [0.5, 0.6) is 0 Å². The Hall–Kier alpha value is -4.17. The quantitative estimate of drug-likeness (QED) is 0.0675. The van der Waals surface area contributed by atoms with Gasteiger partial charge in [-0.3, -0.25) is 28.8 Å². The number of rotatable bonds is 19. The molecule has 0 spiro atoms. The van der Waals surface area contributed by atoms with Gasteiger partial charge in [-0.1, -0.05) is 73.0 Å². The normalized spacial score (nSPS) is 29.8. The number of esters is 1. The van der Waals surface area contributed by atoms with Gasteiger partial charge >= 0.3 is 12.1 Å². The van der Waals surface area contributed by atoms with Crippen LogP contribution in [0.2, 0.25) is 0 Å². The Morgan fingerprint density at radius 1 is 0.821 bits per heavy atom. The molecule has 0 aromatic carbocycles. The number of amides is 6. The lowest BCUT2D eigenvalue weighted by atomic mass is 9.47. The number of nitrogens with one attached hydrogen (secondary N) is 4. The molecule has 1 aliphatic heterocycles. The molecule has 15 nitrogen and oxygen atoms in total. The van der Waals surface area contributed by atoms with Crippen molar-refractivity contribution >= 4 is 41.6 Å². The summed E-state index contributed by atoms with van der Waals surface area (Å²) in [5.41, 5.74) is 6.56. The number of primary amides is 1. The Balaban J connectivity index is 1.14. The predicted molar refractivity (Wildman–Crippen MR) is 257 cm³/mol. The van der Waals surface area contributed by atoms with Gasteiger partial charge in [0.15, 0.2) is 0 Å². The molecule has 0 bridgehead atoms. The van der Waals surface area contributed by atoms with Gasteiger partial charge in [0.25, 0.3) is 0 Å². The zero-order chi connectivity index (χ0) is 49.6. The van der Waals surface area contributed by atoms with Crippen LogP contribution < -0.4 is 27.0 Å². The third-order valence-corrected chi connectivity index (χ3v) is 16.3. The summed E-state index contributed by atoms with van der Waals surface area (Å²) < 4.78 is 11.3. The minimum atomic E-state index is -1.27. The number of hydrogen-bond acceptors (Lipinski definition) is 9. The van der Waals surface area contributed by atoms with Crippen molar-refractivity contribution in [3.8, 4) is 0 Å². The van der Waals surface area contributed by atoms with E-state index in [1.54, 1.807) is 20.8 Å². The Labute approximate surface area is 400 Å². The van der Waals surface area contributed by atoms with Crippen molar-refractivity contribution < 1.29 is 43.0 Å². The summed E-state index contributed by atoms with van der Waals surface area (Å²) in [4.78, 5) is 93.5. The van der Waals surface area contributed by atoms with Gasteiger partial charge in [-0.15, -0.1) is 0 Å². The molecule has 4 aliphatic carbocycles. The fourth-order valence-electron chi connectivity index (χ4n) is 12.9. The van der Waals surface area contributed by atoms with E-state index in [1.807, 2.05) is 13.8 Å². The molecule has 4 fully saturated rings. The number of nitrogens with zero attached hydrogens (tertiary/aromatic N) is 1. The molecule has 12 atom stereocenters. The van der Waals surface area contributed by atoms with Crippen LogP contribution in [0.3, 0.4) is 0 Å². The van der Waals surface area contributed by atoms with Gasteiger partial charge in [-0.05, 0) is 151 Å². The second kappa shape index (κ2) is 22.5. The summed E-state index contributed by atoms with van der Waals surface area (Å²) in [7, 11) is 0. The van der Waals surface area contributed by atoms with Gasteiger partial charge in [0, 0.05) is 19.4 Å². The second-order valence-electron chi connectivity index (χ2n) is 23.3. The number of ether oxygens (including phenoxy) is 2. The van der Waals surface area contributed by atoms with E-state index in [9.17, 15) is 33.6 Å². The number of allylic oxidation sites excluding steroid dienone is 1. The van der Waals surface area contributed by atoms with Crippen LogP contribution in [-0.2, 0) is 38.2 Å². The number of carbonyl (C=O) groups is 7. The highest BCUT2D eigenvalue weighted by atomic mass is 16.6. The smallest absolute Gasteiger partial charge is 0.408 e. The van der Waals surface area contributed by atoms with Gasteiger partial charge in [0.05, 0.1) is 0 Å². The van der Waals surface area contributed by atoms with E-state index in [0.717, 1.165) is 49.4 Å². The average Bonchev–Trinajstić information content (AvgIpc) is 3.87. The zero-order valence-corrected chi connectivity index (χ0v) is 42.7. The van der Waals surface area contributed by atoms with Crippen LogP contribution in [0.15, 0.2) is 11.6 Å². The first-order valence-electron chi connectivity index (χ1n) is 25.7. The molecule has 6 N–H and O–H groups in total. The summed E-state index contributed by atoms with van der Waals surface area (Å²) >= 11 is 0. The maximum Gasteiger partial charge on any atom is 0.408 e. The Morgan fingerprint density at radius 3 is 2.18 bits per heavy atom. The molecule has 0 aromatic heterocycles. The molecule has 5 rings (SSSR count). The zero-order valence-electron chi connectivity index (χ0n) is 42.7. The van der Waals surface area contributed by atoms with Crippen molar-refractivity contribution in [1.82, 2.24) is 26.2 Å². The van der Waals surface area contributed by atoms with E-state index in [0.29, 0.717) is 30.1 Å². The van der Waals surface area contributed by atoms with Gasteiger partial charge in [0.2, 0.25) is 29.5 Å². The number of nitrogens with two attached hydrogens (primary N) is 1. The third-order valence-electron chi connectivity index (χ3n) is 16.3. The van der Waals surface area contributed by atoms with Gasteiger partial charge in [0.1, 0.15) is 42.4 Å². The van der Waals surface area contributed by atoms with Gasteiger partial charge in [-0.2, -0.15) is 0 Å². The maximum atomic E-state index is 14.2. The van der Waals surface area contributed by atoms with Crippen molar-refractivity contribution in [3.63, 3.8) is 0 Å². The highest BCUT2D eigenvalue weighted by Crippen LogP contribution is 2.67. The molecule has 1 saturated heterocycles. The Kier molecular flexibility index (Phi) is 18.1. The molecular weight excluding hydrogens is 853 g/mol. The summed E-state index contributed by atoms with van der Waals surface area (Å²) in [6, 6.07) is -4.29. The molecule has 1 heterocycles. The van der Waals surface area contributed by atoms with Gasteiger partial charge < -0.3 is 41.4 Å². The van der Waals surface area contributed by atoms with E-state index in [4.69, 9.17) is 15.2 Å². The summed E-state index contributed by atoms with van der Waals surface area (Å²) in [5.74, 6) is 0.853. The molecule has 0 radical (unpaired) electrons. The first kappa shape index (κ1) is 53.8. The van der Waals surface area contributed by atoms with Crippen LogP contribution in [0.25, 0.3) is 0 Å². The first-order valence-corrected chi connectivity index (χ1v) is 25.7. The largest absolute Gasteiger partial charge is 0.461 e. The maximum absolute atomic E-state index is 14.2. The molecule has 15 heteroatoms. The number of fused-ring (bicyclic) bond motifs is 5. The molecule has 378 valence electrons. The predicted octanol–water partition coefficient (Wildman–Crippen LogP) is 6.85. The monoisotopic (exact) mass is 939 g/mol. The highest BCUT2D eigenvalue weighted by Gasteiger charge is 2.59. The number of alkyl carbamates (subject to hydrolysis) is 1. The van der Waals surface area contributed by atoms with Crippen molar-refractivity contribution in [3.05, 3.63) is 11.6 Å². The number of likely N-dealkylation sites (tertiary alicyclic amines) is 1. The van der Waals surface area contributed by atoms with Gasteiger partial charge in [-0.25, -0.2) is 4.79 Å². The van der Waals surface area contributed by atoms with Crippen molar-refractivity contribution in [2.75, 3.05) is 13.1 Å². The van der Waals surface area contributed by atoms with Crippen LogP contribution in [0.4, 0.5) is 4.79 Å².